The van der Waals surface area contributed by atoms with E-state index in [-0.39, 0.29) is 12.6 Å². The van der Waals surface area contributed by atoms with Crippen LogP contribution in [0.5, 0.6) is 0 Å². The molecule has 0 radical (unpaired) electrons. The first kappa shape index (κ1) is 17.2. The molecule has 0 aliphatic carbocycles. The molecule has 0 saturated heterocycles. The minimum Gasteiger partial charge on any atom is -0.396 e. The van der Waals surface area contributed by atoms with Gasteiger partial charge < -0.3 is 15.7 Å². The second-order valence-electron chi connectivity index (χ2n) is 4.55. The van der Waals surface area contributed by atoms with Crippen LogP contribution in [0.2, 0.25) is 0 Å². The predicted octanol–water partition coefficient (Wildman–Crippen LogP) is 3.13. The van der Waals surface area contributed by atoms with E-state index < -0.39 is 29.3 Å². The molecule has 21 heavy (non-hydrogen) atoms. The van der Waals surface area contributed by atoms with Gasteiger partial charge in [-0.15, -0.1) is 0 Å². The van der Waals surface area contributed by atoms with Crippen molar-refractivity contribution in [3.8, 4) is 0 Å². The van der Waals surface area contributed by atoms with Crippen molar-refractivity contribution in [1.82, 2.24) is 5.32 Å². The van der Waals surface area contributed by atoms with Gasteiger partial charge in [0.25, 0.3) is 0 Å². The molecule has 1 unspecified atom stereocenters. The van der Waals surface area contributed by atoms with E-state index in [1.807, 2.05) is 0 Å². The van der Waals surface area contributed by atoms with Crippen molar-refractivity contribution in [2.45, 2.75) is 32.0 Å². The maximum Gasteiger partial charge on any atom is 0.418 e. The molecule has 118 valence electrons. The zero-order valence-corrected chi connectivity index (χ0v) is 11.3. The van der Waals surface area contributed by atoms with E-state index in [0.29, 0.717) is 18.9 Å². The maximum absolute atomic E-state index is 12.9. The summed E-state index contributed by atoms with van der Waals surface area (Å²) >= 11 is 0. The van der Waals surface area contributed by atoms with Crippen LogP contribution in [0.15, 0.2) is 18.2 Å². The molecule has 1 aromatic rings. The molecule has 0 heterocycles. The number of benzene rings is 1. The van der Waals surface area contributed by atoms with Gasteiger partial charge in [-0.3, -0.25) is 0 Å². The summed E-state index contributed by atoms with van der Waals surface area (Å²) < 4.78 is 51.1. The molecule has 0 aliphatic rings. The van der Waals surface area contributed by atoms with E-state index in [0.717, 1.165) is 12.1 Å². The molecular formula is C13H16F4N2O2. The van der Waals surface area contributed by atoms with Crippen LogP contribution in [0, 0.1) is 5.82 Å². The fourth-order valence-corrected chi connectivity index (χ4v) is 1.71. The van der Waals surface area contributed by atoms with E-state index in [1.165, 1.54) is 0 Å². The minimum atomic E-state index is -4.77. The zero-order valence-electron chi connectivity index (χ0n) is 11.3. The molecule has 2 amide bonds. The molecule has 0 aromatic heterocycles. The lowest BCUT2D eigenvalue weighted by atomic mass is 10.1. The zero-order chi connectivity index (χ0) is 16.0. The van der Waals surface area contributed by atoms with Crippen LogP contribution in [-0.4, -0.2) is 23.8 Å². The summed E-state index contributed by atoms with van der Waals surface area (Å²) in [6.45, 7) is 1.62. The fourth-order valence-electron chi connectivity index (χ4n) is 1.71. The van der Waals surface area contributed by atoms with Crippen molar-refractivity contribution in [2.24, 2.45) is 0 Å². The number of alkyl halides is 3. The number of aliphatic hydroxyl groups excluding tert-OH is 1. The van der Waals surface area contributed by atoms with Crippen molar-refractivity contribution in [1.29, 1.82) is 0 Å². The van der Waals surface area contributed by atoms with Crippen LogP contribution in [0.1, 0.15) is 25.3 Å². The predicted molar refractivity (Wildman–Crippen MR) is 69.3 cm³/mol. The highest BCUT2D eigenvalue weighted by molar-refractivity contribution is 5.90. The molecule has 0 aliphatic heterocycles. The summed E-state index contributed by atoms with van der Waals surface area (Å²) in [5, 5.41) is 13.1. The van der Waals surface area contributed by atoms with Crippen molar-refractivity contribution in [3.63, 3.8) is 0 Å². The molecule has 1 atom stereocenters. The van der Waals surface area contributed by atoms with Gasteiger partial charge in [0.1, 0.15) is 5.82 Å². The lowest BCUT2D eigenvalue weighted by Gasteiger charge is -2.17. The molecule has 4 nitrogen and oxygen atoms in total. The van der Waals surface area contributed by atoms with Gasteiger partial charge >= 0.3 is 12.2 Å². The maximum atomic E-state index is 12.9. The van der Waals surface area contributed by atoms with Crippen molar-refractivity contribution in [2.75, 3.05) is 11.9 Å². The Bertz CT molecular complexity index is 492. The average Bonchev–Trinajstić information content (AvgIpc) is 2.37. The van der Waals surface area contributed by atoms with Crippen LogP contribution in [0.25, 0.3) is 0 Å². The van der Waals surface area contributed by atoms with Gasteiger partial charge in [0, 0.05) is 12.6 Å². The molecule has 3 N–H and O–H groups in total. The number of hydrogen-bond acceptors (Lipinski definition) is 2. The van der Waals surface area contributed by atoms with Crippen molar-refractivity contribution in [3.05, 3.63) is 29.6 Å². The Hall–Kier alpha value is -1.83. The number of carbonyl (C=O) groups excluding carboxylic acids is 1. The molecule has 0 spiro atoms. The van der Waals surface area contributed by atoms with Crippen LogP contribution in [0.3, 0.4) is 0 Å². The number of halogens is 4. The fraction of sp³-hybridized carbons (Fsp3) is 0.462. The van der Waals surface area contributed by atoms with Crippen molar-refractivity contribution >= 4 is 11.7 Å². The number of carbonyl (C=O) groups is 1. The lowest BCUT2D eigenvalue weighted by Crippen LogP contribution is -2.36. The van der Waals surface area contributed by atoms with E-state index in [1.54, 1.807) is 6.92 Å². The first-order chi connectivity index (χ1) is 9.74. The summed E-state index contributed by atoms with van der Waals surface area (Å²) in [5.41, 5.74) is -1.77. The van der Waals surface area contributed by atoms with Gasteiger partial charge in [-0.2, -0.15) is 13.2 Å². The average molecular weight is 308 g/mol. The summed E-state index contributed by atoms with van der Waals surface area (Å²) in [5.74, 6) is -1.04. The smallest absolute Gasteiger partial charge is 0.396 e. The SMILES string of the molecule is CC(CCCO)NC(=O)Nc1ccc(F)cc1C(F)(F)F. The number of rotatable bonds is 5. The molecule has 0 bridgehead atoms. The third kappa shape index (κ3) is 5.58. The number of aliphatic hydroxyl groups is 1. The van der Waals surface area contributed by atoms with Crippen LogP contribution in [-0.2, 0) is 6.18 Å². The quantitative estimate of drug-likeness (QED) is 0.732. The summed E-state index contributed by atoms with van der Waals surface area (Å²) in [7, 11) is 0. The van der Waals surface area contributed by atoms with Gasteiger partial charge in [0.2, 0.25) is 0 Å². The Kier molecular flexibility index (Phi) is 5.95. The Balaban J connectivity index is 2.76. The van der Waals surface area contributed by atoms with Crippen molar-refractivity contribution < 1.29 is 27.5 Å². The Morgan fingerprint density at radius 1 is 1.38 bits per heavy atom. The summed E-state index contributed by atoms with van der Waals surface area (Å²) in [4.78, 5) is 11.6. The monoisotopic (exact) mass is 308 g/mol. The molecular weight excluding hydrogens is 292 g/mol. The number of amides is 2. The van der Waals surface area contributed by atoms with E-state index >= 15 is 0 Å². The van der Waals surface area contributed by atoms with Gasteiger partial charge in [0.15, 0.2) is 0 Å². The van der Waals surface area contributed by atoms with Gasteiger partial charge in [-0.05, 0) is 38.0 Å². The minimum absolute atomic E-state index is 0.0379. The van der Waals surface area contributed by atoms with Gasteiger partial charge in [-0.1, -0.05) is 0 Å². The Morgan fingerprint density at radius 3 is 2.62 bits per heavy atom. The molecule has 1 aromatic carbocycles. The Morgan fingerprint density at radius 2 is 2.05 bits per heavy atom. The highest BCUT2D eigenvalue weighted by Crippen LogP contribution is 2.35. The largest absolute Gasteiger partial charge is 0.418 e. The molecule has 0 fully saturated rings. The van der Waals surface area contributed by atoms with Gasteiger partial charge in [-0.25, -0.2) is 9.18 Å². The van der Waals surface area contributed by atoms with Crippen LogP contribution in [0.4, 0.5) is 28.0 Å². The molecule has 1 rings (SSSR count). The third-order valence-electron chi connectivity index (χ3n) is 2.71. The normalized spacial score (nSPS) is 12.9. The highest BCUT2D eigenvalue weighted by atomic mass is 19.4. The number of urea groups is 1. The van der Waals surface area contributed by atoms with E-state index in [4.69, 9.17) is 5.11 Å². The second kappa shape index (κ2) is 7.26. The summed E-state index contributed by atoms with van der Waals surface area (Å²) in [6.07, 6.45) is -3.82. The summed E-state index contributed by atoms with van der Waals surface area (Å²) in [6, 6.07) is 0.880. The molecule has 0 saturated carbocycles. The van der Waals surface area contributed by atoms with Gasteiger partial charge in [0.05, 0.1) is 11.3 Å². The number of anilines is 1. The third-order valence-corrected chi connectivity index (χ3v) is 2.71. The first-order valence-electron chi connectivity index (χ1n) is 6.29. The van der Waals surface area contributed by atoms with Crippen LogP contribution < -0.4 is 10.6 Å². The number of hydrogen-bond donors (Lipinski definition) is 3. The topological polar surface area (TPSA) is 61.4 Å². The van der Waals surface area contributed by atoms with E-state index in [2.05, 4.69) is 10.6 Å². The molecule has 8 heteroatoms. The Labute approximate surface area is 119 Å². The first-order valence-corrected chi connectivity index (χ1v) is 6.29. The lowest BCUT2D eigenvalue weighted by molar-refractivity contribution is -0.137. The number of nitrogens with one attached hydrogen (secondary N) is 2. The van der Waals surface area contributed by atoms with Crippen LogP contribution >= 0.6 is 0 Å². The highest BCUT2D eigenvalue weighted by Gasteiger charge is 2.34. The standard InChI is InChI=1S/C13H16F4N2O2/c1-8(3-2-6-20)18-12(21)19-11-5-4-9(14)7-10(11)13(15,16)17/h4-5,7-8,20H,2-3,6H2,1H3,(H2,18,19,21). The van der Waals surface area contributed by atoms with E-state index in [9.17, 15) is 22.4 Å². The second-order valence-corrected chi connectivity index (χ2v) is 4.55.